The number of halogens is 10. The third kappa shape index (κ3) is 9.98. The maximum atomic E-state index is 12.4. The van der Waals surface area contributed by atoms with Gasteiger partial charge in [-0.15, -0.1) is 0 Å². The van der Waals surface area contributed by atoms with Crippen LogP contribution in [0.4, 0.5) is 55.9 Å². The average molecular weight is 545 g/mol. The van der Waals surface area contributed by atoms with Crippen molar-refractivity contribution in [2.75, 3.05) is 22.9 Å². The number of anilines is 2. The summed E-state index contributed by atoms with van der Waals surface area (Å²) in [6.45, 7) is -3.72. The van der Waals surface area contributed by atoms with Gasteiger partial charge in [0.25, 0.3) is 0 Å². The van der Waals surface area contributed by atoms with E-state index in [0.29, 0.717) is 10.5 Å². The van der Waals surface area contributed by atoms with E-state index in [1.54, 1.807) is 0 Å². The molecule has 1 aromatic heterocycles. The Hall–Kier alpha value is -2.82. The molecule has 0 unspecified atom stereocenters. The van der Waals surface area contributed by atoms with Crippen molar-refractivity contribution in [2.24, 2.45) is 0 Å². The Morgan fingerprint density at radius 2 is 1.38 bits per heavy atom. The van der Waals surface area contributed by atoms with Crippen molar-refractivity contribution in [3.05, 3.63) is 30.3 Å². The van der Waals surface area contributed by atoms with Crippen LogP contribution >= 0.6 is 23.5 Å². The molecule has 2 amide bonds. The monoisotopic (exact) mass is 544 g/mol. The summed E-state index contributed by atoms with van der Waals surface area (Å²) < 4.78 is 120. The molecule has 0 radical (unpaired) electrons. The van der Waals surface area contributed by atoms with E-state index >= 15 is 0 Å². The fraction of sp³-hybridized carbons (Fsp3) is 0.312. The number of nitrogens with one attached hydrogen (secondary N) is 1. The summed E-state index contributed by atoms with van der Waals surface area (Å²) in [6.07, 6.45) is -9.63. The Morgan fingerprint density at radius 3 is 1.79 bits per heavy atom. The Labute approximate surface area is 193 Å². The van der Waals surface area contributed by atoms with Gasteiger partial charge in [-0.1, -0.05) is 0 Å². The van der Waals surface area contributed by atoms with E-state index in [9.17, 15) is 44.3 Å². The molecular formula is C16H10ClF9N4O3S. The van der Waals surface area contributed by atoms with Gasteiger partial charge in [-0.2, -0.15) is 49.5 Å². The highest BCUT2D eigenvalue weighted by Gasteiger charge is 2.31. The molecule has 0 aliphatic heterocycles. The Morgan fingerprint density at radius 1 is 0.912 bits per heavy atom. The van der Waals surface area contributed by atoms with Crippen molar-refractivity contribution in [2.45, 2.75) is 22.8 Å². The lowest BCUT2D eigenvalue weighted by Crippen LogP contribution is -2.28. The second-order valence-corrected chi connectivity index (χ2v) is 7.40. The lowest BCUT2D eigenvalue weighted by Gasteiger charge is -2.16. The molecule has 0 aliphatic carbocycles. The molecule has 0 atom stereocenters. The van der Waals surface area contributed by atoms with Crippen molar-refractivity contribution in [3.63, 3.8) is 0 Å². The van der Waals surface area contributed by atoms with Gasteiger partial charge in [0.05, 0.1) is 11.8 Å². The van der Waals surface area contributed by atoms with E-state index in [4.69, 9.17) is 11.8 Å². The Balaban J connectivity index is 2.17. The topological polar surface area (TPSA) is 76.6 Å². The van der Waals surface area contributed by atoms with E-state index in [1.807, 2.05) is 5.32 Å². The second-order valence-electron chi connectivity index (χ2n) is 5.93. The Kier molecular flexibility index (Phi) is 8.57. The maximum Gasteiger partial charge on any atom is 0.446 e. The quantitative estimate of drug-likeness (QED) is 0.255. The smallest absolute Gasteiger partial charge is 0.446 e. The minimum atomic E-state index is -4.81. The van der Waals surface area contributed by atoms with Crippen molar-refractivity contribution >= 4 is 41.2 Å². The predicted octanol–water partition coefficient (Wildman–Crippen LogP) is 6.16. The molecule has 2 aromatic rings. The van der Waals surface area contributed by atoms with Crippen LogP contribution in [0.25, 0.3) is 0 Å². The molecule has 1 aromatic carbocycles. The van der Waals surface area contributed by atoms with Crippen LogP contribution in [0.15, 0.2) is 35.2 Å². The number of ether oxygens (including phenoxy) is 2. The van der Waals surface area contributed by atoms with Gasteiger partial charge >= 0.3 is 23.9 Å². The fourth-order valence-electron chi connectivity index (χ4n) is 1.96. The number of alkyl halides is 9. The summed E-state index contributed by atoms with van der Waals surface area (Å²) in [7, 11) is 0. The molecular weight excluding hydrogens is 535 g/mol. The van der Waals surface area contributed by atoms with Crippen LogP contribution in [-0.2, 0) is 0 Å². The standard InChI is InChI=1S/C16H10ClF9N4O3S/c17-30(8-1-3-9(4-2-8)34-16(24,25)26)13(31)29-12-27-10(32-6-14(18,19)20)5-11(28-12)33-7-15(21,22)23/h1-5H,6-7H2,(H,27,28,29,31). The van der Waals surface area contributed by atoms with Gasteiger partial charge in [-0.3, -0.25) is 5.32 Å². The zero-order valence-corrected chi connectivity index (χ0v) is 17.6. The van der Waals surface area contributed by atoms with E-state index in [2.05, 4.69) is 19.4 Å². The average Bonchev–Trinajstić information content (AvgIpc) is 2.68. The van der Waals surface area contributed by atoms with Crippen molar-refractivity contribution in [1.29, 1.82) is 0 Å². The highest BCUT2D eigenvalue weighted by Crippen LogP contribution is 2.37. The third-order valence-corrected chi connectivity index (χ3v) is 4.23. The molecule has 1 N–H and O–H groups in total. The number of urea groups is 1. The number of hydrogen-bond donors (Lipinski definition) is 1. The van der Waals surface area contributed by atoms with E-state index < -0.39 is 66.6 Å². The van der Waals surface area contributed by atoms with Crippen LogP contribution < -0.4 is 19.2 Å². The number of thioether (sulfide) groups is 1. The van der Waals surface area contributed by atoms with Gasteiger partial charge < -0.3 is 9.47 Å². The van der Waals surface area contributed by atoms with E-state index in [-0.39, 0.29) is 10.6 Å². The lowest BCUT2D eigenvalue weighted by molar-refractivity contribution is -0.154. The molecule has 34 heavy (non-hydrogen) atoms. The van der Waals surface area contributed by atoms with Crippen LogP contribution in [0.3, 0.4) is 0 Å². The highest BCUT2D eigenvalue weighted by atomic mass is 35.5. The number of benzene rings is 1. The molecule has 0 saturated heterocycles. The number of rotatable bonds is 7. The number of hydrogen-bond acceptors (Lipinski definition) is 6. The summed E-state index contributed by atoms with van der Waals surface area (Å²) in [4.78, 5) is 18.9. The fourth-order valence-corrected chi connectivity index (χ4v) is 2.65. The third-order valence-electron chi connectivity index (χ3n) is 3.14. The molecule has 0 bridgehead atoms. The second kappa shape index (κ2) is 10.6. The van der Waals surface area contributed by atoms with Gasteiger partial charge in [0.2, 0.25) is 17.7 Å². The largest absolute Gasteiger partial charge is 0.468 e. The SMILES string of the molecule is O=C(Nc1nc(OCC(F)(F)F)cc(OCC(F)(F)F)n1)N(Cl)c1ccc(SC(F)(F)F)cc1. The molecule has 0 aliphatic rings. The van der Waals surface area contributed by atoms with Crippen LogP contribution in [-0.4, -0.2) is 47.1 Å². The summed E-state index contributed by atoms with van der Waals surface area (Å²) >= 11 is 5.37. The van der Waals surface area contributed by atoms with Gasteiger partial charge in [-0.05, 0) is 36.0 Å². The first-order valence-corrected chi connectivity index (χ1v) is 9.57. The van der Waals surface area contributed by atoms with Gasteiger partial charge in [-0.25, -0.2) is 9.21 Å². The summed E-state index contributed by atoms with van der Waals surface area (Å²) in [5, 5.41) is 1.89. The van der Waals surface area contributed by atoms with Gasteiger partial charge in [0.1, 0.15) is 0 Å². The van der Waals surface area contributed by atoms with Crippen LogP contribution in [0.1, 0.15) is 0 Å². The minimum Gasteiger partial charge on any atom is -0.468 e. The van der Waals surface area contributed by atoms with Crippen LogP contribution in [0.5, 0.6) is 11.8 Å². The number of nitrogens with zero attached hydrogens (tertiary/aromatic N) is 3. The molecule has 188 valence electrons. The molecule has 0 saturated carbocycles. The molecule has 7 nitrogen and oxygen atoms in total. The van der Waals surface area contributed by atoms with Crippen LogP contribution in [0.2, 0.25) is 0 Å². The van der Waals surface area contributed by atoms with Crippen molar-refractivity contribution in [1.82, 2.24) is 9.97 Å². The molecule has 2 rings (SSSR count). The summed E-state index contributed by atoms with van der Waals surface area (Å²) in [6, 6.07) is 3.36. The number of aromatic nitrogens is 2. The first-order chi connectivity index (χ1) is 15.5. The zero-order valence-electron chi connectivity index (χ0n) is 16.1. The first-order valence-electron chi connectivity index (χ1n) is 8.42. The number of carbonyl (C=O) groups is 1. The van der Waals surface area contributed by atoms with E-state index in [1.165, 1.54) is 0 Å². The van der Waals surface area contributed by atoms with Gasteiger partial charge in [0, 0.05) is 16.7 Å². The Bertz CT molecular complexity index is 951. The molecule has 0 fully saturated rings. The normalized spacial score (nSPS) is 12.3. The highest BCUT2D eigenvalue weighted by molar-refractivity contribution is 8.00. The minimum absolute atomic E-state index is 0.135. The maximum absolute atomic E-state index is 12.4. The van der Waals surface area contributed by atoms with Gasteiger partial charge in [0.15, 0.2) is 13.2 Å². The van der Waals surface area contributed by atoms with E-state index in [0.717, 1.165) is 24.3 Å². The first kappa shape index (κ1) is 27.4. The summed E-state index contributed by atoms with van der Waals surface area (Å²) in [5.74, 6) is -2.60. The van der Waals surface area contributed by atoms with Crippen LogP contribution in [0, 0.1) is 0 Å². The zero-order chi connectivity index (χ0) is 25.7. The number of amides is 2. The molecule has 0 spiro atoms. The lowest BCUT2D eigenvalue weighted by atomic mass is 10.3. The number of carbonyl (C=O) groups excluding carboxylic acids is 1. The summed E-state index contributed by atoms with van der Waals surface area (Å²) in [5.41, 5.74) is -4.69. The molecule has 18 heteroatoms. The molecule has 1 heterocycles. The van der Waals surface area contributed by atoms with Crippen molar-refractivity contribution < 1.29 is 53.8 Å². The predicted molar refractivity (Wildman–Crippen MR) is 101 cm³/mol. The van der Waals surface area contributed by atoms with Crippen molar-refractivity contribution in [3.8, 4) is 11.8 Å².